The summed E-state index contributed by atoms with van der Waals surface area (Å²) in [5.41, 5.74) is 0. The van der Waals surface area contributed by atoms with E-state index in [0.29, 0.717) is 12.8 Å². The lowest BCUT2D eigenvalue weighted by Crippen LogP contribution is -2.61. The molecule has 2 aliphatic heterocycles. The van der Waals surface area contributed by atoms with Gasteiger partial charge in [0.1, 0.15) is 55.4 Å². The van der Waals surface area contributed by atoms with Crippen molar-refractivity contribution < 1.29 is 73.8 Å². The smallest absolute Gasteiger partial charge is 0.306 e. The van der Waals surface area contributed by atoms with Crippen LogP contribution in [-0.4, -0.2) is 142 Å². The Morgan fingerprint density at radius 3 is 1.57 bits per heavy atom. The first-order valence-electron chi connectivity index (χ1n) is 22.9. The molecule has 60 heavy (non-hydrogen) atoms. The lowest BCUT2D eigenvalue weighted by molar-refractivity contribution is -0.332. The van der Waals surface area contributed by atoms with Crippen LogP contribution in [0.1, 0.15) is 155 Å². The molecule has 2 rings (SSSR count). The number of esters is 2. The summed E-state index contributed by atoms with van der Waals surface area (Å²) in [7, 11) is 0. The maximum Gasteiger partial charge on any atom is 0.306 e. The Morgan fingerprint density at radius 1 is 0.533 bits per heavy atom. The average Bonchev–Trinajstić information content (AvgIpc) is 3.24. The van der Waals surface area contributed by atoms with Crippen molar-refractivity contribution >= 4 is 11.9 Å². The molecule has 0 aromatic rings. The zero-order valence-corrected chi connectivity index (χ0v) is 36.4. The van der Waals surface area contributed by atoms with Crippen molar-refractivity contribution in [2.45, 2.75) is 223 Å². The molecule has 2 saturated heterocycles. The summed E-state index contributed by atoms with van der Waals surface area (Å²) >= 11 is 0. The van der Waals surface area contributed by atoms with E-state index in [1.165, 1.54) is 51.4 Å². The maximum atomic E-state index is 12.9. The van der Waals surface area contributed by atoms with Gasteiger partial charge >= 0.3 is 11.9 Å². The van der Waals surface area contributed by atoms with Crippen LogP contribution < -0.4 is 0 Å². The number of unbranched alkanes of at least 4 members (excludes halogenated alkanes) is 16. The monoisotopic (exact) mass is 861 g/mol. The second-order valence-electron chi connectivity index (χ2n) is 16.2. The van der Waals surface area contributed by atoms with Crippen LogP contribution in [0.2, 0.25) is 0 Å². The van der Waals surface area contributed by atoms with Gasteiger partial charge in [0, 0.05) is 12.8 Å². The molecule has 0 amide bonds. The molecule has 0 aromatic carbocycles. The van der Waals surface area contributed by atoms with E-state index in [1.54, 1.807) is 0 Å². The van der Waals surface area contributed by atoms with Crippen molar-refractivity contribution in [3.05, 3.63) is 24.3 Å². The average molecular weight is 861 g/mol. The fourth-order valence-electron chi connectivity index (χ4n) is 7.07. The van der Waals surface area contributed by atoms with E-state index in [9.17, 15) is 45.3 Å². The molecule has 0 radical (unpaired) electrons. The minimum absolute atomic E-state index is 0.151. The fraction of sp³-hybridized carbons (Fsp3) is 0.867. The Kier molecular flexibility index (Phi) is 30.2. The molecule has 15 heteroatoms. The third-order valence-electron chi connectivity index (χ3n) is 10.9. The Hall–Kier alpha value is -2.02. The Labute approximate surface area is 358 Å². The molecule has 11 unspecified atom stereocenters. The van der Waals surface area contributed by atoms with Gasteiger partial charge in [-0.1, -0.05) is 122 Å². The summed E-state index contributed by atoms with van der Waals surface area (Å²) in [6, 6.07) is 0. The van der Waals surface area contributed by atoms with Gasteiger partial charge in [-0.3, -0.25) is 9.59 Å². The first kappa shape index (κ1) is 54.1. The predicted molar refractivity (Wildman–Crippen MR) is 224 cm³/mol. The standard InChI is InChI=1S/C45H80O15/c1-3-5-7-9-11-13-14-15-16-17-18-19-20-22-24-26-28-37(48)58-33(30-55-36(47)27-25-23-21-12-10-8-6-4-2)31-56-44-43(54)41(52)39(50)35(60-44)32-57-45-42(53)40(51)38(49)34(29-46)59-45/h13-14,16-17,33-35,38-46,49-54H,3-12,15,18-32H2,1-2H3/b14-13-,17-16-. The SMILES string of the molecule is CCCCCC/C=C\C/C=C\CCCCCCCC(=O)OC(COC(=O)CCCCCCCCCC)COC1OC(COC2OC(CO)C(O)C(O)C2O)C(O)C(O)C1O. The van der Waals surface area contributed by atoms with E-state index in [1.807, 2.05) is 0 Å². The van der Waals surface area contributed by atoms with E-state index in [4.69, 9.17) is 28.4 Å². The molecule has 15 nitrogen and oxygen atoms in total. The molecular weight excluding hydrogens is 780 g/mol. The Balaban J connectivity index is 1.85. The topological polar surface area (TPSA) is 231 Å². The molecule has 350 valence electrons. The molecule has 2 aliphatic rings. The van der Waals surface area contributed by atoms with Gasteiger partial charge in [0.2, 0.25) is 0 Å². The number of carbonyl (C=O) groups excluding carboxylic acids is 2. The van der Waals surface area contributed by atoms with Crippen LogP contribution in [0.25, 0.3) is 0 Å². The van der Waals surface area contributed by atoms with Gasteiger partial charge in [0.05, 0.1) is 19.8 Å². The number of hydrogen-bond acceptors (Lipinski definition) is 15. The molecule has 0 spiro atoms. The molecule has 0 saturated carbocycles. The summed E-state index contributed by atoms with van der Waals surface area (Å²) in [6.07, 6.45) is 13.8. The van der Waals surface area contributed by atoms with E-state index < -0.39 is 92.7 Å². The van der Waals surface area contributed by atoms with Crippen molar-refractivity contribution in [3.8, 4) is 0 Å². The van der Waals surface area contributed by atoms with Crippen molar-refractivity contribution in [2.24, 2.45) is 0 Å². The van der Waals surface area contributed by atoms with Crippen molar-refractivity contribution in [1.29, 1.82) is 0 Å². The van der Waals surface area contributed by atoms with Crippen LogP contribution in [0, 0.1) is 0 Å². The zero-order chi connectivity index (χ0) is 44.0. The van der Waals surface area contributed by atoms with Crippen molar-refractivity contribution in [3.63, 3.8) is 0 Å². The van der Waals surface area contributed by atoms with Crippen LogP contribution >= 0.6 is 0 Å². The molecule has 0 bridgehead atoms. The first-order valence-corrected chi connectivity index (χ1v) is 22.9. The van der Waals surface area contributed by atoms with Crippen molar-refractivity contribution in [2.75, 3.05) is 26.4 Å². The van der Waals surface area contributed by atoms with Gasteiger partial charge in [0.25, 0.3) is 0 Å². The third kappa shape index (κ3) is 22.4. The lowest BCUT2D eigenvalue weighted by atomic mass is 9.98. The molecule has 2 heterocycles. The van der Waals surface area contributed by atoms with Crippen LogP contribution in [0.3, 0.4) is 0 Å². The minimum Gasteiger partial charge on any atom is -0.462 e. The normalized spacial score (nSPS) is 27.8. The van der Waals surface area contributed by atoms with Gasteiger partial charge in [-0.05, 0) is 44.9 Å². The fourth-order valence-corrected chi connectivity index (χ4v) is 7.07. The number of carbonyl (C=O) groups is 2. The summed E-state index contributed by atoms with van der Waals surface area (Å²) < 4.78 is 33.4. The molecule has 0 aromatic heterocycles. The Bertz CT molecular complexity index is 1150. The van der Waals surface area contributed by atoms with Crippen LogP contribution in [-0.2, 0) is 38.0 Å². The summed E-state index contributed by atoms with van der Waals surface area (Å²) in [4.78, 5) is 25.5. The minimum atomic E-state index is -1.76. The van der Waals surface area contributed by atoms with Gasteiger partial charge < -0.3 is 64.2 Å². The largest absolute Gasteiger partial charge is 0.462 e. The zero-order valence-electron chi connectivity index (χ0n) is 36.4. The number of rotatable bonds is 34. The summed E-state index contributed by atoms with van der Waals surface area (Å²) in [5.74, 6) is -0.945. The van der Waals surface area contributed by atoms with Crippen molar-refractivity contribution in [1.82, 2.24) is 0 Å². The van der Waals surface area contributed by atoms with E-state index >= 15 is 0 Å². The quantitative estimate of drug-likeness (QED) is 0.0261. The van der Waals surface area contributed by atoms with E-state index in [2.05, 4.69) is 38.2 Å². The molecule has 11 atom stereocenters. The number of aliphatic hydroxyl groups is 7. The predicted octanol–water partition coefficient (Wildman–Crippen LogP) is 4.82. The number of hydrogen-bond donors (Lipinski definition) is 7. The third-order valence-corrected chi connectivity index (χ3v) is 10.9. The van der Waals surface area contributed by atoms with E-state index in [-0.39, 0.29) is 26.1 Å². The van der Waals surface area contributed by atoms with Gasteiger partial charge in [0.15, 0.2) is 18.7 Å². The molecule has 0 aliphatic carbocycles. The summed E-state index contributed by atoms with van der Waals surface area (Å²) in [5, 5.41) is 71.8. The second-order valence-corrected chi connectivity index (χ2v) is 16.2. The van der Waals surface area contributed by atoms with Gasteiger partial charge in [-0.25, -0.2) is 0 Å². The lowest BCUT2D eigenvalue weighted by Gasteiger charge is -2.42. The highest BCUT2D eigenvalue weighted by atomic mass is 16.7. The number of allylic oxidation sites excluding steroid dienone is 4. The number of ether oxygens (including phenoxy) is 6. The van der Waals surface area contributed by atoms with Crippen LogP contribution in [0.15, 0.2) is 24.3 Å². The Morgan fingerprint density at radius 2 is 1.00 bits per heavy atom. The summed E-state index contributed by atoms with van der Waals surface area (Å²) in [6.45, 7) is 2.50. The van der Waals surface area contributed by atoms with Crippen LogP contribution in [0.5, 0.6) is 0 Å². The second kappa shape index (κ2) is 33.5. The van der Waals surface area contributed by atoms with Gasteiger partial charge in [-0.15, -0.1) is 0 Å². The maximum absolute atomic E-state index is 12.9. The van der Waals surface area contributed by atoms with E-state index in [0.717, 1.165) is 64.2 Å². The molecule has 7 N–H and O–H groups in total. The highest BCUT2D eigenvalue weighted by molar-refractivity contribution is 5.70. The molecule has 2 fully saturated rings. The molecular formula is C45H80O15. The highest BCUT2D eigenvalue weighted by Gasteiger charge is 2.47. The van der Waals surface area contributed by atoms with Gasteiger partial charge in [-0.2, -0.15) is 0 Å². The number of aliphatic hydroxyl groups excluding tert-OH is 7. The first-order chi connectivity index (χ1) is 29.0. The van der Waals surface area contributed by atoms with Crippen LogP contribution in [0.4, 0.5) is 0 Å². The highest BCUT2D eigenvalue weighted by Crippen LogP contribution is 2.26.